The molecular weight excluding hydrogens is 200 g/mol. The molecule has 0 radical (unpaired) electrons. The molecule has 0 aliphatic carbocycles. The number of anilines is 1. The highest BCUT2D eigenvalue weighted by Crippen LogP contribution is 2.16. The summed E-state index contributed by atoms with van der Waals surface area (Å²) in [5.41, 5.74) is 2.21. The van der Waals surface area contributed by atoms with Gasteiger partial charge in [-0.2, -0.15) is 0 Å². The van der Waals surface area contributed by atoms with Crippen LogP contribution in [-0.4, -0.2) is 24.2 Å². The van der Waals surface area contributed by atoms with Crippen molar-refractivity contribution in [3.63, 3.8) is 0 Å². The van der Waals surface area contributed by atoms with E-state index in [0.29, 0.717) is 6.10 Å². The molecule has 0 bridgehead atoms. The maximum absolute atomic E-state index is 5.69. The zero-order valence-corrected chi connectivity index (χ0v) is 9.91. The standard InChI is InChI=1S/C13H20N2O/c1-11-10-12(5-7-14-11)15-8-6-13-4-2-3-9-16-13/h5,7,10,13H,2-4,6,8-9H2,1H3,(H,14,15). The molecule has 2 rings (SSSR count). The Morgan fingerprint density at radius 2 is 2.44 bits per heavy atom. The number of ether oxygens (including phenoxy) is 1. The van der Waals surface area contributed by atoms with Gasteiger partial charge in [0.05, 0.1) is 6.10 Å². The maximum atomic E-state index is 5.69. The second-order valence-electron chi connectivity index (χ2n) is 4.39. The fourth-order valence-corrected chi connectivity index (χ4v) is 2.07. The Bertz CT molecular complexity index is 321. The Labute approximate surface area is 97.2 Å². The molecule has 0 spiro atoms. The van der Waals surface area contributed by atoms with Crippen LogP contribution in [0.2, 0.25) is 0 Å². The summed E-state index contributed by atoms with van der Waals surface area (Å²) >= 11 is 0. The van der Waals surface area contributed by atoms with Gasteiger partial charge in [0.15, 0.2) is 0 Å². The number of aryl methyl sites for hydroxylation is 1. The van der Waals surface area contributed by atoms with E-state index in [4.69, 9.17) is 4.74 Å². The second-order valence-corrected chi connectivity index (χ2v) is 4.39. The van der Waals surface area contributed by atoms with E-state index in [2.05, 4.69) is 16.4 Å². The van der Waals surface area contributed by atoms with Crippen molar-refractivity contribution >= 4 is 5.69 Å². The van der Waals surface area contributed by atoms with Gasteiger partial charge in [-0.15, -0.1) is 0 Å². The minimum absolute atomic E-state index is 0.462. The molecule has 0 amide bonds. The van der Waals surface area contributed by atoms with Crippen LogP contribution in [0.5, 0.6) is 0 Å². The van der Waals surface area contributed by atoms with Crippen molar-refractivity contribution in [2.45, 2.75) is 38.7 Å². The third-order valence-corrected chi connectivity index (χ3v) is 2.97. The molecular formula is C13H20N2O. The van der Waals surface area contributed by atoms with E-state index in [1.54, 1.807) is 0 Å². The predicted octanol–water partition coefficient (Wildman–Crippen LogP) is 2.76. The minimum atomic E-state index is 0.462. The molecule has 3 heteroatoms. The van der Waals surface area contributed by atoms with Gasteiger partial charge in [0.25, 0.3) is 0 Å². The van der Waals surface area contributed by atoms with Crippen LogP contribution in [0, 0.1) is 6.92 Å². The number of aromatic nitrogens is 1. The lowest BCUT2D eigenvalue weighted by Crippen LogP contribution is -2.21. The molecule has 3 nitrogen and oxygen atoms in total. The van der Waals surface area contributed by atoms with Crippen LogP contribution in [0.4, 0.5) is 5.69 Å². The van der Waals surface area contributed by atoms with E-state index in [1.165, 1.54) is 19.3 Å². The fraction of sp³-hybridized carbons (Fsp3) is 0.615. The number of nitrogens with zero attached hydrogens (tertiary/aromatic N) is 1. The van der Waals surface area contributed by atoms with Gasteiger partial charge >= 0.3 is 0 Å². The first-order valence-corrected chi connectivity index (χ1v) is 6.13. The van der Waals surface area contributed by atoms with Gasteiger partial charge in [0.2, 0.25) is 0 Å². The molecule has 1 aromatic heterocycles. The molecule has 2 heterocycles. The van der Waals surface area contributed by atoms with Crippen LogP contribution in [-0.2, 0) is 4.74 Å². The molecule has 1 N–H and O–H groups in total. The average Bonchev–Trinajstić information content (AvgIpc) is 2.30. The Morgan fingerprint density at radius 3 is 3.19 bits per heavy atom. The Balaban J connectivity index is 1.71. The molecule has 1 aliphatic rings. The summed E-state index contributed by atoms with van der Waals surface area (Å²) in [6.07, 6.45) is 7.17. The van der Waals surface area contributed by atoms with Gasteiger partial charge in [0.1, 0.15) is 0 Å². The highest BCUT2D eigenvalue weighted by Gasteiger charge is 2.12. The largest absolute Gasteiger partial charge is 0.385 e. The molecule has 88 valence electrons. The quantitative estimate of drug-likeness (QED) is 0.847. The van der Waals surface area contributed by atoms with Crippen LogP contribution in [0.3, 0.4) is 0 Å². The Hall–Kier alpha value is -1.09. The van der Waals surface area contributed by atoms with Crippen LogP contribution in [0.1, 0.15) is 31.4 Å². The van der Waals surface area contributed by atoms with Crippen LogP contribution in [0.25, 0.3) is 0 Å². The van der Waals surface area contributed by atoms with Crippen molar-refractivity contribution < 1.29 is 4.74 Å². The molecule has 1 fully saturated rings. The lowest BCUT2D eigenvalue weighted by atomic mass is 10.1. The molecule has 1 aliphatic heterocycles. The first kappa shape index (κ1) is 11.4. The molecule has 0 aromatic carbocycles. The molecule has 1 saturated heterocycles. The van der Waals surface area contributed by atoms with Gasteiger partial charge in [-0.25, -0.2) is 0 Å². The summed E-state index contributed by atoms with van der Waals surface area (Å²) in [5, 5.41) is 3.41. The van der Waals surface area contributed by atoms with Gasteiger partial charge in [-0.05, 0) is 44.7 Å². The normalized spacial score (nSPS) is 20.7. The van der Waals surface area contributed by atoms with Gasteiger partial charge in [0, 0.05) is 30.7 Å². The van der Waals surface area contributed by atoms with E-state index in [0.717, 1.165) is 31.0 Å². The number of hydrogen-bond acceptors (Lipinski definition) is 3. The van der Waals surface area contributed by atoms with Crippen molar-refractivity contribution in [3.05, 3.63) is 24.0 Å². The van der Waals surface area contributed by atoms with Crippen molar-refractivity contribution in [1.82, 2.24) is 4.98 Å². The van der Waals surface area contributed by atoms with Gasteiger partial charge in [-0.3, -0.25) is 4.98 Å². The van der Waals surface area contributed by atoms with E-state index >= 15 is 0 Å². The van der Waals surface area contributed by atoms with E-state index in [9.17, 15) is 0 Å². The Kier molecular flexibility index (Phi) is 4.17. The number of rotatable bonds is 4. The van der Waals surface area contributed by atoms with Crippen LogP contribution in [0.15, 0.2) is 18.3 Å². The average molecular weight is 220 g/mol. The summed E-state index contributed by atoms with van der Waals surface area (Å²) in [4.78, 5) is 4.17. The van der Waals surface area contributed by atoms with Gasteiger partial charge < -0.3 is 10.1 Å². The zero-order chi connectivity index (χ0) is 11.2. The summed E-state index contributed by atoms with van der Waals surface area (Å²) < 4.78 is 5.69. The van der Waals surface area contributed by atoms with Crippen molar-refractivity contribution in [2.24, 2.45) is 0 Å². The number of pyridine rings is 1. The second kappa shape index (κ2) is 5.85. The molecule has 1 unspecified atom stereocenters. The van der Waals surface area contributed by atoms with Crippen molar-refractivity contribution in [2.75, 3.05) is 18.5 Å². The third-order valence-electron chi connectivity index (χ3n) is 2.97. The number of hydrogen-bond donors (Lipinski definition) is 1. The van der Waals surface area contributed by atoms with Crippen molar-refractivity contribution in [3.8, 4) is 0 Å². The summed E-state index contributed by atoms with van der Waals surface area (Å²) in [5.74, 6) is 0. The van der Waals surface area contributed by atoms with Crippen molar-refractivity contribution in [1.29, 1.82) is 0 Å². The van der Waals surface area contributed by atoms with E-state index in [-0.39, 0.29) is 0 Å². The molecule has 1 atom stereocenters. The minimum Gasteiger partial charge on any atom is -0.385 e. The molecule has 1 aromatic rings. The fourth-order valence-electron chi connectivity index (χ4n) is 2.07. The SMILES string of the molecule is Cc1cc(NCCC2CCCCO2)ccn1. The maximum Gasteiger partial charge on any atom is 0.0591 e. The summed E-state index contributed by atoms with van der Waals surface area (Å²) in [7, 11) is 0. The highest BCUT2D eigenvalue weighted by atomic mass is 16.5. The lowest BCUT2D eigenvalue weighted by Gasteiger charge is -2.22. The monoisotopic (exact) mass is 220 g/mol. The first-order chi connectivity index (χ1) is 7.84. The highest BCUT2D eigenvalue weighted by molar-refractivity contribution is 5.42. The molecule has 16 heavy (non-hydrogen) atoms. The van der Waals surface area contributed by atoms with Crippen LogP contribution < -0.4 is 5.32 Å². The topological polar surface area (TPSA) is 34.1 Å². The van der Waals surface area contributed by atoms with Gasteiger partial charge in [-0.1, -0.05) is 0 Å². The predicted molar refractivity (Wildman–Crippen MR) is 65.7 cm³/mol. The van der Waals surface area contributed by atoms with E-state index in [1.807, 2.05) is 19.2 Å². The summed E-state index contributed by atoms with van der Waals surface area (Å²) in [6.45, 7) is 3.93. The third kappa shape index (κ3) is 3.49. The molecule has 0 saturated carbocycles. The number of nitrogens with one attached hydrogen (secondary N) is 1. The smallest absolute Gasteiger partial charge is 0.0591 e. The lowest BCUT2D eigenvalue weighted by molar-refractivity contribution is 0.0134. The van der Waals surface area contributed by atoms with E-state index < -0.39 is 0 Å². The first-order valence-electron chi connectivity index (χ1n) is 6.13. The van der Waals surface area contributed by atoms with Crippen LogP contribution >= 0.6 is 0 Å². The zero-order valence-electron chi connectivity index (χ0n) is 9.91. The Morgan fingerprint density at radius 1 is 1.50 bits per heavy atom. The summed E-state index contributed by atoms with van der Waals surface area (Å²) in [6, 6.07) is 4.08.